The normalized spacial score (nSPS) is 13.3. The number of anilines is 1. The molecule has 0 saturated carbocycles. The Labute approximate surface area is 156 Å². The smallest absolute Gasteiger partial charge is 0.269 e. The molecule has 0 aliphatic carbocycles. The monoisotopic (exact) mass is 361 g/mol. The largest absolute Gasteiger partial charge is 0.352 e. The molecule has 0 atom stereocenters. The van der Waals surface area contributed by atoms with Crippen molar-refractivity contribution >= 4 is 11.5 Å². The molecule has 0 N–H and O–H groups in total. The van der Waals surface area contributed by atoms with Crippen LogP contribution in [0, 0.1) is 10.1 Å². The molecular formula is C20H19N5O2. The molecule has 0 amide bonds. The lowest BCUT2D eigenvalue weighted by Crippen LogP contribution is -2.31. The third kappa shape index (κ3) is 3.48. The predicted octanol–water partition coefficient (Wildman–Crippen LogP) is 3.57. The molecule has 1 aliphatic rings. The number of hydrogen-bond acceptors (Lipinski definition) is 6. The average Bonchev–Trinajstić information content (AvgIpc) is 2.73. The van der Waals surface area contributed by atoms with Gasteiger partial charge >= 0.3 is 0 Å². The van der Waals surface area contributed by atoms with Gasteiger partial charge in [0, 0.05) is 43.2 Å². The summed E-state index contributed by atoms with van der Waals surface area (Å²) in [5, 5.41) is 11.1. The Morgan fingerprint density at radius 1 is 1.15 bits per heavy atom. The van der Waals surface area contributed by atoms with Crippen molar-refractivity contribution < 1.29 is 4.92 Å². The van der Waals surface area contributed by atoms with Crippen LogP contribution in [0.3, 0.4) is 0 Å². The highest BCUT2D eigenvalue weighted by Crippen LogP contribution is 2.28. The summed E-state index contributed by atoms with van der Waals surface area (Å²) in [5.41, 5.74) is 3.95. The standard InChI is InChI=1S/C20H19N5O2/c1-2-16-12-19(23-20(22-16)18-5-3-4-9-21-18)24-10-8-14-6-7-17(25(26)27)11-15(14)13-24/h3-7,9,11-12H,2,8,10,13H2,1H3. The molecule has 7 heteroatoms. The number of rotatable bonds is 4. The summed E-state index contributed by atoms with van der Waals surface area (Å²) in [6.45, 7) is 3.47. The number of nitro benzene ring substituents is 1. The van der Waals surface area contributed by atoms with Gasteiger partial charge in [0.15, 0.2) is 5.82 Å². The number of pyridine rings is 1. The number of non-ortho nitro benzene ring substituents is 1. The summed E-state index contributed by atoms with van der Waals surface area (Å²) < 4.78 is 0. The van der Waals surface area contributed by atoms with Gasteiger partial charge in [0.2, 0.25) is 0 Å². The van der Waals surface area contributed by atoms with E-state index in [1.165, 1.54) is 0 Å². The van der Waals surface area contributed by atoms with Crippen molar-refractivity contribution in [1.82, 2.24) is 15.0 Å². The van der Waals surface area contributed by atoms with Gasteiger partial charge in [-0.2, -0.15) is 0 Å². The number of hydrogen-bond donors (Lipinski definition) is 0. The Bertz CT molecular complexity index is 991. The summed E-state index contributed by atoms with van der Waals surface area (Å²) in [7, 11) is 0. The molecule has 0 saturated heterocycles. The van der Waals surface area contributed by atoms with Crippen LogP contribution in [0.2, 0.25) is 0 Å². The summed E-state index contributed by atoms with van der Waals surface area (Å²) in [6, 6.07) is 12.8. The van der Waals surface area contributed by atoms with E-state index in [1.807, 2.05) is 30.3 Å². The van der Waals surface area contributed by atoms with Crippen LogP contribution in [-0.4, -0.2) is 26.4 Å². The number of aromatic nitrogens is 3. The minimum Gasteiger partial charge on any atom is -0.352 e. The lowest BCUT2D eigenvalue weighted by molar-refractivity contribution is -0.384. The molecule has 4 rings (SSSR count). The zero-order valence-electron chi connectivity index (χ0n) is 15.0. The zero-order valence-corrected chi connectivity index (χ0v) is 15.0. The second kappa shape index (κ2) is 7.11. The van der Waals surface area contributed by atoms with Gasteiger partial charge in [0.25, 0.3) is 5.69 Å². The van der Waals surface area contributed by atoms with E-state index in [1.54, 1.807) is 18.3 Å². The zero-order chi connectivity index (χ0) is 18.8. The van der Waals surface area contributed by atoms with Crippen LogP contribution in [0.4, 0.5) is 11.5 Å². The number of nitro groups is 1. The van der Waals surface area contributed by atoms with Crippen molar-refractivity contribution in [3.63, 3.8) is 0 Å². The Hall–Kier alpha value is -3.35. The molecule has 136 valence electrons. The van der Waals surface area contributed by atoms with E-state index in [0.717, 1.165) is 47.7 Å². The van der Waals surface area contributed by atoms with Crippen LogP contribution >= 0.6 is 0 Å². The van der Waals surface area contributed by atoms with Gasteiger partial charge in [-0.15, -0.1) is 0 Å². The molecule has 3 heterocycles. The highest BCUT2D eigenvalue weighted by atomic mass is 16.6. The fourth-order valence-electron chi connectivity index (χ4n) is 3.29. The highest BCUT2D eigenvalue weighted by Gasteiger charge is 2.21. The van der Waals surface area contributed by atoms with E-state index in [9.17, 15) is 10.1 Å². The first-order chi connectivity index (χ1) is 13.1. The van der Waals surface area contributed by atoms with Gasteiger partial charge in [-0.3, -0.25) is 15.1 Å². The van der Waals surface area contributed by atoms with Crippen LogP contribution in [-0.2, 0) is 19.4 Å². The van der Waals surface area contributed by atoms with Crippen molar-refractivity contribution in [3.8, 4) is 11.5 Å². The third-order valence-corrected chi connectivity index (χ3v) is 4.76. The predicted molar refractivity (Wildman–Crippen MR) is 102 cm³/mol. The minimum atomic E-state index is -0.349. The van der Waals surface area contributed by atoms with Crippen molar-refractivity contribution in [1.29, 1.82) is 0 Å². The Morgan fingerprint density at radius 3 is 2.78 bits per heavy atom. The first-order valence-corrected chi connectivity index (χ1v) is 8.94. The molecule has 0 spiro atoms. The first-order valence-electron chi connectivity index (χ1n) is 8.94. The van der Waals surface area contributed by atoms with Gasteiger partial charge in [-0.25, -0.2) is 9.97 Å². The van der Waals surface area contributed by atoms with Crippen molar-refractivity contribution in [2.75, 3.05) is 11.4 Å². The molecule has 2 aromatic heterocycles. The fraction of sp³-hybridized carbons (Fsp3) is 0.250. The van der Waals surface area contributed by atoms with Gasteiger partial charge in [0.1, 0.15) is 11.5 Å². The summed E-state index contributed by atoms with van der Waals surface area (Å²) in [6.07, 6.45) is 3.36. The first kappa shape index (κ1) is 17.1. The van der Waals surface area contributed by atoms with Crippen LogP contribution in [0.25, 0.3) is 11.5 Å². The summed E-state index contributed by atoms with van der Waals surface area (Å²) in [5.74, 6) is 1.44. The number of aryl methyl sites for hydroxylation is 1. The third-order valence-electron chi connectivity index (χ3n) is 4.76. The topological polar surface area (TPSA) is 85.0 Å². The molecular weight excluding hydrogens is 342 g/mol. The van der Waals surface area contributed by atoms with E-state index in [0.29, 0.717) is 12.4 Å². The number of nitrogens with zero attached hydrogens (tertiary/aromatic N) is 5. The Balaban J connectivity index is 1.69. The van der Waals surface area contributed by atoms with E-state index >= 15 is 0 Å². The van der Waals surface area contributed by atoms with E-state index < -0.39 is 0 Å². The van der Waals surface area contributed by atoms with Gasteiger partial charge in [-0.05, 0) is 36.1 Å². The van der Waals surface area contributed by atoms with Gasteiger partial charge in [-0.1, -0.05) is 19.1 Å². The molecule has 0 radical (unpaired) electrons. The number of benzene rings is 1. The quantitative estimate of drug-likeness (QED) is 0.522. The molecule has 1 aromatic carbocycles. The van der Waals surface area contributed by atoms with Crippen molar-refractivity contribution in [2.24, 2.45) is 0 Å². The molecule has 0 bridgehead atoms. The van der Waals surface area contributed by atoms with Crippen LogP contribution < -0.4 is 4.90 Å². The second-order valence-electron chi connectivity index (χ2n) is 6.49. The molecule has 27 heavy (non-hydrogen) atoms. The van der Waals surface area contributed by atoms with E-state index in [2.05, 4.69) is 21.8 Å². The summed E-state index contributed by atoms with van der Waals surface area (Å²) >= 11 is 0. The molecule has 7 nitrogen and oxygen atoms in total. The number of fused-ring (bicyclic) bond motifs is 1. The lowest BCUT2D eigenvalue weighted by Gasteiger charge is -2.30. The molecule has 0 fully saturated rings. The summed E-state index contributed by atoms with van der Waals surface area (Å²) in [4.78, 5) is 26.6. The minimum absolute atomic E-state index is 0.127. The second-order valence-corrected chi connectivity index (χ2v) is 6.49. The fourth-order valence-corrected chi connectivity index (χ4v) is 3.29. The molecule has 3 aromatic rings. The SMILES string of the molecule is CCc1cc(N2CCc3ccc([N+](=O)[O-])cc3C2)nc(-c2ccccn2)n1. The maximum atomic E-state index is 11.1. The Kier molecular flexibility index (Phi) is 4.50. The van der Waals surface area contributed by atoms with E-state index in [-0.39, 0.29) is 10.6 Å². The van der Waals surface area contributed by atoms with Gasteiger partial charge < -0.3 is 4.90 Å². The molecule has 1 aliphatic heterocycles. The van der Waals surface area contributed by atoms with Crippen LogP contribution in [0.5, 0.6) is 0 Å². The van der Waals surface area contributed by atoms with Gasteiger partial charge in [0.05, 0.1) is 4.92 Å². The van der Waals surface area contributed by atoms with Crippen LogP contribution in [0.15, 0.2) is 48.7 Å². The van der Waals surface area contributed by atoms with Crippen molar-refractivity contribution in [2.45, 2.75) is 26.3 Å². The maximum Gasteiger partial charge on any atom is 0.269 e. The average molecular weight is 361 g/mol. The Morgan fingerprint density at radius 2 is 2.04 bits per heavy atom. The highest BCUT2D eigenvalue weighted by molar-refractivity contribution is 5.55. The maximum absolute atomic E-state index is 11.1. The van der Waals surface area contributed by atoms with E-state index in [4.69, 9.17) is 4.98 Å². The lowest BCUT2D eigenvalue weighted by atomic mass is 9.99. The van der Waals surface area contributed by atoms with Crippen LogP contribution in [0.1, 0.15) is 23.7 Å². The molecule has 0 unspecified atom stereocenters. The van der Waals surface area contributed by atoms with Crippen molar-refractivity contribution in [3.05, 3.63) is 75.6 Å².